The minimum absolute atomic E-state index is 0.351. The Bertz CT molecular complexity index is 524. The zero-order valence-electron chi connectivity index (χ0n) is 11.9. The Hall–Kier alpha value is -1.95. The number of hydrogen-bond acceptors (Lipinski definition) is 5. The van der Waals surface area contributed by atoms with Crippen LogP contribution in [0.5, 0.6) is 5.75 Å². The number of aliphatic hydroxyl groups is 1. The lowest BCUT2D eigenvalue weighted by Gasteiger charge is -2.10. The van der Waals surface area contributed by atoms with Crippen molar-refractivity contribution in [2.24, 2.45) is 7.05 Å². The van der Waals surface area contributed by atoms with Gasteiger partial charge in [0, 0.05) is 6.42 Å². The van der Waals surface area contributed by atoms with Crippen LogP contribution < -0.4 is 4.74 Å². The molecule has 0 saturated carbocycles. The van der Waals surface area contributed by atoms with E-state index >= 15 is 0 Å². The number of ether oxygens (including phenoxy) is 1. The summed E-state index contributed by atoms with van der Waals surface area (Å²) >= 11 is 0. The monoisotopic (exact) mass is 276 g/mol. The van der Waals surface area contributed by atoms with Gasteiger partial charge in [0.25, 0.3) is 0 Å². The summed E-state index contributed by atoms with van der Waals surface area (Å²) in [6.45, 7) is 2.85. The molecule has 0 fully saturated rings. The number of rotatable bonds is 7. The van der Waals surface area contributed by atoms with Crippen molar-refractivity contribution in [3.63, 3.8) is 0 Å². The fraction of sp³-hybridized carbons (Fsp3) is 0.500. The highest BCUT2D eigenvalue weighted by Crippen LogP contribution is 2.20. The van der Waals surface area contributed by atoms with E-state index < -0.39 is 6.10 Å². The molecule has 0 bridgehead atoms. The lowest BCUT2D eigenvalue weighted by atomic mass is 10.1. The maximum atomic E-state index is 10.1. The highest BCUT2D eigenvalue weighted by molar-refractivity contribution is 5.28. The third kappa shape index (κ3) is 4.03. The average molecular weight is 276 g/mol. The summed E-state index contributed by atoms with van der Waals surface area (Å²) in [6.07, 6.45) is 1.87. The van der Waals surface area contributed by atoms with E-state index in [1.165, 1.54) is 4.80 Å². The third-order valence-corrected chi connectivity index (χ3v) is 2.96. The Morgan fingerprint density at radius 1 is 1.30 bits per heavy atom. The predicted octanol–water partition coefficient (Wildman–Crippen LogP) is 1.67. The molecule has 0 aliphatic carbocycles. The second kappa shape index (κ2) is 7.00. The van der Waals surface area contributed by atoms with Crippen LogP contribution in [0.1, 0.15) is 37.3 Å². The fourth-order valence-electron chi connectivity index (χ4n) is 1.82. The van der Waals surface area contributed by atoms with Crippen LogP contribution in [0.25, 0.3) is 0 Å². The predicted molar refractivity (Wildman–Crippen MR) is 74.3 cm³/mol. The van der Waals surface area contributed by atoms with Gasteiger partial charge >= 0.3 is 0 Å². The van der Waals surface area contributed by atoms with E-state index in [4.69, 9.17) is 4.74 Å². The summed E-state index contributed by atoms with van der Waals surface area (Å²) in [5.74, 6) is 1.36. The van der Waals surface area contributed by atoms with E-state index in [1.54, 1.807) is 7.05 Å². The molecular formula is C14H20N4O2. The summed E-state index contributed by atoms with van der Waals surface area (Å²) in [5, 5.41) is 21.8. The van der Waals surface area contributed by atoms with Gasteiger partial charge in [-0.1, -0.05) is 25.5 Å². The Morgan fingerprint density at radius 3 is 2.65 bits per heavy atom. The summed E-state index contributed by atoms with van der Waals surface area (Å²) < 4.78 is 5.58. The first-order chi connectivity index (χ1) is 9.69. The number of aryl methyl sites for hydroxylation is 1. The first kappa shape index (κ1) is 14.5. The van der Waals surface area contributed by atoms with Crippen molar-refractivity contribution in [1.29, 1.82) is 0 Å². The summed E-state index contributed by atoms with van der Waals surface area (Å²) in [6, 6.07) is 7.47. The Labute approximate surface area is 118 Å². The molecule has 1 aromatic carbocycles. The number of unbranched alkanes of at least 4 members (excludes halogenated alkanes) is 1. The molecule has 1 atom stereocenters. The van der Waals surface area contributed by atoms with Gasteiger partial charge in [0.1, 0.15) is 5.75 Å². The Morgan fingerprint density at radius 2 is 2.05 bits per heavy atom. The second-order valence-electron chi connectivity index (χ2n) is 4.69. The molecule has 0 spiro atoms. The molecule has 1 heterocycles. The molecule has 0 aliphatic heterocycles. The molecular weight excluding hydrogens is 256 g/mol. The summed E-state index contributed by atoms with van der Waals surface area (Å²) in [5.41, 5.74) is 0.820. The lowest BCUT2D eigenvalue weighted by molar-refractivity contribution is 0.175. The van der Waals surface area contributed by atoms with Crippen LogP contribution in [0.15, 0.2) is 24.3 Å². The van der Waals surface area contributed by atoms with E-state index in [0.717, 1.165) is 30.8 Å². The van der Waals surface area contributed by atoms with Crippen molar-refractivity contribution in [3.8, 4) is 5.75 Å². The van der Waals surface area contributed by atoms with E-state index in [-0.39, 0.29) is 0 Å². The maximum absolute atomic E-state index is 10.1. The fourth-order valence-corrected chi connectivity index (χ4v) is 1.82. The summed E-state index contributed by atoms with van der Waals surface area (Å²) in [4.78, 5) is 1.38. The summed E-state index contributed by atoms with van der Waals surface area (Å²) in [7, 11) is 1.70. The van der Waals surface area contributed by atoms with Gasteiger partial charge in [0.2, 0.25) is 0 Å². The zero-order valence-corrected chi connectivity index (χ0v) is 11.9. The number of aromatic nitrogens is 4. The van der Waals surface area contributed by atoms with Crippen LogP contribution in [-0.4, -0.2) is 31.9 Å². The van der Waals surface area contributed by atoms with Crippen LogP contribution in [0.3, 0.4) is 0 Å². The smallest absolute Gasteiger partial charge is 0.177 e. The van der Waals surface area contributed by atoms with Crippen molar-refractivity contribution >= 4 is 0 Å². The van der Waals surface area contributed by atoms with Crippen LogP contribution in [0, 0.1) is 0 Å². The van der Waals surface area contributed by atoms with Crippen molar-refractivity contribution in [2.75, 3.05) is 6.61 Å². The molecule has 2 rings (SSSR count). The van der Waals surface area contributed by atoms with Crippen LogP contribution in [-0.2, 0) is 13.5 Å². The molecule has 6 nitrogen and oxygen atoms in total. The van der Waals surface area contributed by atoms with Gasteiger partial charge in [-0.25, -0.2) is 0 Å². The van der Waals surface area contributed by atoms with Gasteiger partial charge in [0.15, 0.2) is 5.82 Å². The third-order valence-electron chi connectivity index (χ3n) is 2.96. The largest absolute Gasteiger partial charge is 0.494 e. The first-order valence-corrected chi connectivity index (χ1v) is 6.82. The molecule has 0 amide bonds. The van der Waals surface area contributed by atoms with Gasteiger partial charge in [-0.05, 0) is 29.3 Å². The van der Waals surface area contributed by atoms with E-state index in [0.29, 0.717) is 12.2 Å². The molecule has 6 heteroatoms. The van der Waals surface area contributed by atoms with Gasteiger partial charge < -0.3 is 9.84 Å². The molecule has 0 saturated heterocycles. The van der Waals surface area contributed by atoms with Gasteiger partial charge in [-0.2, -0.15) is 4.80 Å². The second-order valence-corrected chi connectivity index (χ2v) is 4.69. The van der Waals surface area contributed by atoms with Gasteiger partial charge in [0.05, 0.1) is 19.8 Å². The number of nitrogens with zero attached hydrogens (tertiary/aromatic N) is 4. The lowest BCUT2D eigenvalue weighted by Crippen LogP contribution is -2.04. The molecule has 0 aliphatic rings. The van der Waals surface area contributed by atoms with Gasteiger partial charge in [-0.3, -0.25) is 0 Å². The standard InChI is InChI=1S/C14H20N4O2/c1-3-4-9-20-12-7-5-11(6-8-12)13(19)10-14-15-17-18(2)16-14/h5-8,13,19H,3-4,9-10H2,1-2H3. The normalized spacial score (nSPS) is 12.3. The SMILES string of the molecule is CCCCOc1ccc(C(O)Cc2nnn(C)n2)cc1. The molecule has 1 unspecified atom stereocenters. The molecule has 20 heavy (non-hydrogen) atoms. The van der Waals surface area contributed by atoms with E-state index in [2.05, 4.69) is 22.3 Å². The van der Waals surface area contributed by atoms with E-state index in [1.807, 2.05) is 24.3 Å². The first-order valence-electron chi connectivity index (χ1n) is 6.82. The van der Waals surface area contributed by atoms with Crippen LogP contribution in [0.4, 0.5) is 0 Å². The van der Waals surface area contributed by atoms with Crippen molar-refractivity contribution < 1.29 is 9.84 Å². The van der Waals surface area contributed by atoms with Crippen molar-refractivity contribution in [1.82, 2.24) is 20.2 Å². The molecule has 108 valence electrons. The minimum Gasteiger partial charge on any atom is -0.494 e. The molecule has 1 N–H and O–H groups in total. The topological polar surface area (TPSA) is 73.1 Å². The number of tetrazole rings is 1. The van der Waals surface area contributed by atoms with Crippen LogP contribution in [0.2, 0.25) is 0 Å². The number of hydrogen-bond donors (Lipinski definition) is 1. The molecule has 0 radical (unpaired) electrons. The number of aliphatic hydroxyl groups excluding tert-OH is 1. The number of benzene rings is 1. The molecule has 2 aromatic rings. The van der Waals surface area contributed by atoms with Crippen LogP contribution >= 0.6 is 0 Å². The Balaban J connectivity index is 1.91. The highest BCUT2D eigenvalue weighted by Gasteiger charge is 2.12. The molecule has 1 aromatic heterocycles. The zero-order chi connectivity index (χ0) is 14.4. The van der Waals surface area contributed by atoms with Crippen molar-refractivity contribution in [3.05, 3.63) is 35.7 Å². The highest BCUT2D eigenvalue weighted by atomic mass is 16.5. The minimum atomic E-state index is -0.635. The Kier molecular flexibility index (Phi) is 5.06. The quantitative estimate of drug-likeness (QED) is 0.779. The van der Waals surface area contributed by atoms with Gasteiger partial charge in [-0.15, -0.1) is 10.2 Å². The average Bonchev–Trinajstić information content (AvgIpc) is 2.85. The van der Waals surface area contributed by atoms with E-state index in [9.17, 15) is 5.11 Å². The van der Waals surface area contributed by atoms with Crippen molar-refractivity contribution in [2.45, 2.75) is 32.3 Å². The maximum Gasteiger partial charge on any atom is 0.177 e.